The first-order valence-corrected chi connectivity index (χ1v) is 5.37. The highest BCUT2D eigenvalue weighted by molar-refractivity contribution is 5.92. The monoisotopic (exact) mass is 203 g/mol. The van der Waals surface area contributed by atoms with Crippen LogP contribution in [0.3, 0.4) is 0 Å². The van der Waals surface area contributed by atoms with Crippen molar-refractivity contribution in [2.24, 2.45) is 5.41 Å². The van der Waals surface area contributed by atoms with Crippen LogP contribution in [-0.4, -0.2) is 11.8 Å². The van der Waals surface area contributed by atoms with Gasteiger partial charge in [-0.3, -0.25) is 4.79 Å². The summed E-state index contributed by atoms with van der Waals surface area (Å²) in [6.07, 6.45) is 0.826. The van der Waals surface area contributed by atoms with Crippen molar-refractivity contribution in [1.82, 2.24) is 0 Å². The van der Waals surface area contributed by atoms with Crippen molar-refractivity contribution in [2.45, 2.75) is 33.2 Å². The van der Waals surface area contributed by atoms with E-state index in [9.17, 15) is 4.79 Å². The Bertz CT molecular complexity index is 365. The van der Waals surface area contributed by atoms with E-state index in [0.717, 1.165) is 12.1 Å². The van der Waals surface area contributed by atoms with Gasteiger partial charge < -0.3 is 5.32 Å². The number of Topliss-reactive ketones (excluding diaryl/α,β-unsaturated/α-hetero) is 1. The minimum absolute atomic E-state index is 0.0394. The number of benzene rings is 1. The summed E-state index contributed by atoms with van der Waals surface area (Å²) in [5, 5.41) is 3.29. The maximum absolute atomic E-state index is 12.1. The third-order valence-electron chi connectivity index (χ3n) is 2.83. The molecular weight excluding hydrogens is 186 g/mol. The average molecular weight is 203 g/mol. The van der Waals surface area contributed by atoms with Crippen molar-refractivity contribution in [3.05, 3.63) is 29.8 Å². The third kappa shape index (κ3) is 1.89. The van der Waals surface area contributed by atoms with E-state index in [4.69, 9.17) is 0 Å². The summed E-state index contributed by atoms with van der Waals surface area (Å²) < 4.78 is 0. The molecule has 1 heterocycles. The number of hydrogen-bond donors (Lipinski definition) is 1. The van der Waals surface area contributed by atoms with E-state index in [0.29, 0.717) is 5.78 Å². The van der Waals surface area contributed by atoms with Gasteiger partial charge in [0.25, 0.3) is 0 Å². The molecule has 2 rings (SSSR count). The molecule has 2 heteroatoms. The number of ketones is 1. The summed E-state index contributed by atoms with van der Waals surface area (Å²) in [7, 11) is 0. The fourth-order valence-electron chi connectivity index (χ4n) is 1.98. The van der Waals surface area contributed by atoms with E-state index in [-0.39, 0.29) is 11.5 Å². The molecule has 80 valence electrons. The molecule has 1 unspecified atom stereocenters. The first-order chi connectivity index (χ1) is 6.98. The van der Waals surface area contributed by atoms with Gasteiger partial charge in [-0.15, -0.1) is 0 Å². The van der Waals surface area contributed by atoms with Crippen molar-refractivity contribution < 1.29 is 4.79 Å². The van der Waals surface area contributed by atoms with Gasteiger partial charge in [-0.25, -0.2) is 0 Å². The zero-order valence-electron chi connectivity index (χ0n) is 9.50. The normalized spacial score (nSPS) is 19.5. The molecule has 0 spiro atoms. The minimum atomic E-state index is -0.264. The Labute approximate surface area is 90.7 Å². The molecule has 1 N–H and O–H groups in total. The number of carbonyl (C=O) groups is 1. The zero-order chi connectivity index (χ0) is 11.1. The Morgan fingerprint density at radius 3 is 2.60 bits per heavy atom. The Morgan fingerprint density at radius 2 is 2.00 bits per heavy atom. The summed E-state index contributed by atoms with van der Waals surface area (Å²) in [6.45, 7) is 5.92. The summed E-state index contributed by atoms with van der Waals surface area (Å²) in [5.74, 6) is 0.290. The molecular formula is C13H17NO. The Kier molecular flexibility index (Phi) is 2.29. The van der Waals surface area contributed by atoms with Crippen molar-refractivity contribution >= 4 is 11.5 Å². The van der Waals surface area contributed by atoms with Gasteiger partial charge in [-0.1, -0.05) is 39.0 Å². The van der Waals surface area contributed by atoms with E-state index in [1.807, 2.05) is 39.0 Å². The smallest absolute Gasteiger partial charge is 0.160 e. The van der Waals surface area contributed by atoms with E-state index < -0.39 is 0 Å². The molecule has 2 nitrogen and oxygen atoms in total. The molecule has 0 bridgehead atoms. The van der Waals surface area contributed by atoms with Crippen LogP contribution < -0.4 is 5.32 Å². The largest absolute Gasteiger partial charge is 0.375 e. The lowest BCUT2D eigenvalue weighted by Crippen LogP contribution is -2.36. The van der Waals surface area contributed by atoms with Gasteiger partial charge in [0.1, 0.15) is 0 Å². The van der Waals surface area contributed by atoms with E-state index in [1.165, 1.54) is 5.56 Å². The summed E-state index contributed by atoms with van der Waals surface area (Å²) in [5.41, 5.74) is 2.10. The Balaban J connectivity index is 2.17. The fraction of sp³-hybridized carbons (Fsp3) is 0.462. The molecule has 0 aliphatic carbocycles. The molecule has 0 saturated carbocycles. The van der Waals surface area contributed by atoms with Crippen LogP contribution in [0.5, 0.6) is 0 Å². The predicted molar refractivity (Wildman–Crippen MR) is 62.0 cm³/mol. The molecule has 1 aliphatic heterocycles. The molecule has 0 radical (unpaired) electrons. The van der Waals surface area contributed by atoms with Crippen LogP contribution in [0.15, 0.2) is 24.3 Å². The maximum atomic E-state index is 12.1. The second-order valence-electron chi connectivity index (χ2n) is 5.17. The second-order valence-corrected chi connectivity index (χ2v) is 5.17. The highest BCUT2D eigenvalue weighted by Gasteiger charge is 2.33. The predicted octanol–water partition coefficient (Wildman–Crippen LogP) is 2.64. The van der Waals surface area contributed by atoms with Crippen LogP contribution in [0.25, 0.3) is 0 Å². The van der Waals surface area contributed by atoms with E-state index >= 15 is 0 Å². The zero-order valence-corrected chi connectivity index (χ0v) is 9.50. The van der Waals surface area contributed by atoms with Gasteiger partial charge in [-0.2, -0.15) is 0 Å². The van der Waals surface area contributed by atoms with Crippen LogP contribution in [-0.2, 0) is 11.2 Å². The van der Waals surface area contributed by atoms with E-state index in [1.54, 1.807) is 0 Å². The lowest BCUT2D eigenvalue weighted by molar-refractivity contribution is -0.126. The maximum Gasteiger partial charge on any atom is 0.160 e. The van der Waals surface area contributed by atoms with Gasteiger partial charge in [0, 0.05) is 17.5 Å². The lowest BCUT2D eigenvalue weighted by Gasteiger charge is -2.21. The molecule has 0 aromatic heterocycles. The van der Waals surface area contributed by atoms with Crippen LogP contribution in [0, 0.1) is 5.41 Å². The van der Waals surface area contributed by atoms with Gasteiger partial charge in [0.2, 0.25) is 0 Å². The standard InChI is InChI=1S/C13H17NO/c1-13(2,3)12(15)11-8-9-6-4-5-7-10(9)14-11/h4-7,11,14H,8H2,1-3H3. The summed E-state index contributed by atoms with van der Waals surface area (Å²) >= 11 is 0. The number of hydrogen-bond acceptors (Lipinski definition) is 2. The number of nitrogens with one attached hydrogen (secondary N) is 1. The molecule has 0 amide bonds. The van der Waals surface area contributed by atoms with Crippen molar-refractivity contribution in [2.75, 3.05) is 5.32 Å². The number of fused-ring (bicyclic) bond motifs is 1. The highest BCUT2D eigenvalue weighted by atomic mass is 16.1. The van der Waals surface area contributed by atoms with Gasteiger partial charge >= 0.3 is 0 Å². The molecule has 1 aromatic carbocycles. The topological polar surface area (TPSA) is 29.1 Å². The van der Waals surface area contributed by atoms with Crippen LogP contribution in [0.2, 0.25) is 0 Å². The molecule has 1 atom stereocenters. The van der Waals surface area contributed by atoms with Gasteiger partial charge in [0.05, 0.1) is 6.04 Å². The van der Waals surface area contributed by atoms with E-state index in [2.05, 4.69) is 11.4 Å². The highest BCUT2D eigenvalue weighted by Crippen LogP contribution is 2.29. The molecule has 0 saturated heterocycles. The van der Waals surface area contributed by atoms with Gasteiger partial charge in [-0.05, 0) is 11.6 Å². The quantitative estimate of drug-likeness (QED) is 0.760. The summed E-state index contributed by atoms with van der Waals surface area (Å²) in [4.78, 5) is 12.1. The fourth-order valence-corrected chi connectivity index (χ4v) is 1.98. The van der Waals surface area contributed by atoms with Crippen molar-refractivity contribution in [3.8, 4) is 0 Å². The first-order valence-electron chi connectivity index (χ1n) is 5.37. The van der Waals surface area contributed by atoms with Crippen LogP contribution in [0.1, 0.15) is 26.3 Å². The Hall–Kier alpha value is -1.31. The number of carbonyl (C=O) groups excluding carboxylic acids is 1. The number of anilines is 1. The van der Waals surface area contributed by atoms with Crippen LogP contribution >= 0.6 is 0 Å². The first kappa shape index (κ1) is 10.2. The number of para-hydroxylation sites is 1. The molecule has 1 aliphatic rings. The second kappa shape index (κ2) is 3.37. The lowest BCUT2D eigenvalue weighted by atomic mass is 9.85. The molecule has 1 aromatic rings. The van der Waals surface area contributed by atoms with Gasteiger partial charge in [0.15, 0.2) is 5.78 Å². The third-order valence-corrected chi connectivity index (χ3v) is 2.83. The minimum Gasteiger partial charge on any atom is -0.375 e. The van der Waals surface area contributed by atoms with Crippen molar-refractivity contribution in [3.63, 3.8) is 0 Å². The molecule has 0 fully saturated rings. The molecule has 15 heavy (non-hydrogen) atoms. The number of rotatable bonds is 1. The summed E-state index contributed by atoms with van der Waals surface area (Å²) in [6, 6.07) is 8.09. The Morgan fingerprint density at radius 1 is 1.33 bits per heavy atom. The average Bonchev–Trinajstić information content (AvgIpc) is 2.58. The van der Waals surface area contributed by atoms with Crippen LogP contribution in [0.4, 0.5) is 5.69 Å². The SMILES string of the molecule is CC(C)(C)C(=O)C1Cc2ccccc2N1. The van der Waals surface area contributed by atoms with Crippen molar-refractivity contribution in [1.29, 1.82) is 0 Å².